The van der Waals surface area contributed by atoms with Gasteiger partial charge in [0.2, 0.25) is 6.54 Å². The Balaban J connectivity index is 2.29. The van der Waals surface area contributed by atoms with Gasteiger partial charge in [0.1, 0.15) is 11.7 Å². The first-order chi connectivity index (χ1) is 16.6. The smallest absolute Gasteiger partial charge is 0.335 e. The minimum atomic E-state index is -2.91. The first-order valence-corrected chi connectivity index (χ1v) is 12.5. The number of furan rings is 1. The van der Waals surface area contributed by atoms with Gasteiger partial charge in [-0.1, -0.05) is 91.0 Å². The summed E-state index contributed by atoms with van der Waals surface area (Å²) in [5.41, 5.74) is 0. The molecule has 4 rings (SSSR count). The second kappa shape index (κ2) is 10.4. The van der Waals surface area contributed by atoms with Crippen LogP contribution in [0.3, 0.4) is 0 Å². The fourth-order valence-corrected chi connectivity index (χ4v) is 9.02. The number of nitrogens with zero attached hydrogens (tertiary/aromatic N) is 1. The van der Waals surface area contributed by atoms with Crippen molar-refractivity contribution in [1.29, 1.82) is 0 Å². The van der Waals surface area contributed by atoms with Crippen LogP contribution < -0.4 is 15.9 Å². The van der Waals surface area contributed by atoms with Gasteiger partial charge in [-0.3, -0.25) is 10.1 Å². The summed E-state index contributed by atoms with van der Waals surface area (Å²) in [6.45, 7) is -3.42. The van der Waals surface area contributed by atoms with Crippen LogP contribution in [0.4, 0.5) is 0 Å². The van der Waals surface area contributed by atoms with Gasteiger partial charge in [0, 0.05) is 4.92 Å². The van der Waals surface area contributed by atoms with Crippen molar-refractivity contribution in [2.24, 2.45) is 0 Å². The zero-order valence-corrected chi connectivity index (χ0v) is 19.5. The van der Waals surface area contributed by atoms with Crippen LogP contribution in [0, 0.1) is 10.1 Å². The lowest BCUT2D eigenvalue weighted by Gasteiger charge is -2.33. The van der Waals surface area contributed by atoms with Crippen molar-refractivity contribution in [2.45, 2.75) is 5.92 Å². The van der Waals surface area contributed by atoms with Crippen LogP contribution in [0.15, 0.2) is 114 Å². The quantitative estimate of drug-likeness (QED) is 0.167. The van der Waals surface area contributed by atoms with Crippen LogP contribution >= 0.6 is 6.89 Å². The van der Waals surface area contributed by atoms with E-state index in [4.69, 9.17) is 9.15 Å². The Bertz CT molecular complexity index is 1200. The molecule has 0 spiro atoms. The Kier molecular flexibility index (Phi) is 7.09. The Labute approximate surface area is 197 Å². The number of carbonyl (C=O) groups is 1. The highest BCUT2D eigenvalue weighted by molar-refractivity contribution is 7.96. The molecule has 0 aliphatic carbocycles. The molecule has 3 aromatic carbocycles. The Hall–Kier alpha value is -3.89. The predicted octanol–water partition coefficient (Wildman–Crippen LogP) is 3.98. The fraction of sp³-hybridized carbons (Fsp3) is 0.111. The third kappa shape index (κ3) is 4.33. The maximum absolute atomic E-state index is 13.7. The topological polar surface area (TPSA) is 82.6 Å². The summed E-state index contributed by atoms with van der Waals surface area (Å²) in [5, 5.41) is 14.9. The highest BCUT2D eigenvalue weighted by Gasteiger charge is 2.41. The van der Waals surface area contributed by atoms with Crippen LogP contribution in [-0.2, 0) is 9.53 Å². The van der Waals surface area contributed by atoms with E-state index < -0.39 is 30.2 Å². The van der Waals surface area contributed by atoms with Crippen LogP contribution in [0.2, 0.25) is 0 Å². The van der Waals surface area contributed by atoms with E-state index >= 15 is 0 Å². The van der Waals surface area contributed by atoms with Gasteiger partial charge in [-0.15, -0.1) is 0 Å². The van der Waals surface area contributed by atoms with Crippen LogP contribution in [0.5, 0.6) is 0 Å². The molecule has 172 valence electrons. The van der Waals surface area contributed by atoms with Gasteiger partial charge in [0.25, 0.3) is 0 Å². The second-order valence-electron chi connectivity index (χ2n) is 7.64. The minimum Gasteiger partial charge on any atom is -0.468 e. The molecule has 7 heteroatoms. The van der Waals surface area contributed by atoms with Crippen molar-refractivity contribution >= 4 is 34.1 Å². The van der Waals surface area contributed by atoms with E-state index in [1.165, 1.54) is 13.4 Å². The molecular formula is C27H24NO5P. The standard InChI is InChI=1S/C27H24NO5P/c1-32-27(29)26(24(20-28(30)31)25-18-11-19-33-25)34(21-12-5-2-6-13-21,22-14-7-3-8-15-22)23-16-9-4-10-17-23/h2-19,24H,20H2,1H3. The fourth-order valence-electron chi connectivity index (χ4n) is 4.39. The number of hydrogen-bond donors (Lipinski definition) is 0. The lowest BCUT2D eigenvalue weighted by Crippen LogP contribution is -2.38. The molecule has 4 aromatic rings. The third-order valence-corrected chi connectivity index (χ3v) is 10.2. The molecule has 1 unspecified atom stereocenters. The van der Waals surface area contributed by atoms with Gasteiger partial charge in [0.05, 0.1) is 18.7 Å². The number of esters is 1. The number of methoxy groups -OCH3 is 1. The van der Waals surface area contributed by atoms with E-state index in [-0.39, 0.29) is 0 Å². The van der Waals surface area contributed by atoms with Gasteiger partial charge in [0.15, 0.2) is 0 Å². The van der Waals surface area contributed by atoms with E-state index in [1.807, 2.05) is 91.0 Å². The lowest BCUT2D eigenvalue weighted by molar-refractivity contribution is -0.481. The largest absolute Gasteiger partial charge is 0.468 e. The van der Waals surface area contributed by atoms with Gasteiger partial charge in [-0.05, 0) is 34.9 Å². The zero-order valence-electron chi connectivity index (χ0n) is 18.6. The van der Waals surface area contributed by atoms with E-state index in [1.54, 1.807) is 12.1 Å². The summed E-state index contributed by atoms with van der Waals surface area (Å²) < 4.78 is 11.0. The normalized spacial score (nSPS) is 12.0. The van der Waals surface area contributed by atoms with Gasteiger partial charge < -0.3 is 9.15 Å². The van der Waals surface area contributed by atoms with Crippen molar-refractivity contribution < 1.29 is 18.9 Å². The van der Waals surface area contributed by atoms with E-state index in [9.17, 15) is 14.9 Å². The Morgan fingerprint density at radius 1 is 0.853 bits per heavy atom. The number of rotatable bonds is 8. The third-order valence-electron chi connectivity index (χ3n) is 5.73. The van der Waals surface area contributed by atoms with E-state index in [2.05, 4.69) is 0 Å². The molecule has 0 bridgehead atoms. The van der Waals surface area contributed by atoms with Gasteiger partial charge in [-0.2, -0.15) is 0 Å². The molecule has 0 saturated carbocycles. The average molecular weight is 473 g/mol. The van der Waals surface area contributed by atoms with Crippen LogP contribution in [-0.4, -0.2) is 29.8 Å². The number of carbonyl (C=O) groups excluding carboxylic acids is 1. The Morgan fingerprint density at radius 2 is 1.32 bits per heavy atom. The van der Waals surface area contributed by atoms with Crippen molar-refractivity contribution in [3.8, 4) is 0 Å². The van der Waals surface area contributed by atoms with Crippen molar-refractivity contribution in [3.05, 3.63) is 125 Å². The number of nitro groups is 1. The summed E-state index contributed by atoms with van der Waals surface area (Å²) in [7, 11) is 1.31. The molecule has 0 saturated heterocycles. The lowest BCUT2D eigenvalue weighted by atomic mass is 10.0. The predicted molar refractivity (Wildman–Crippen MR) is 135 cm³/mol. The van der Waals surface area contributed by atoms with Crippen molar-refractivity contribution in [3.63, 3.8) is 0 Å². The number of benzene rings is 3. The SMILES string of the molecule is COC(=O)C(C(C[N+](=O)[O-])c1ccco1)=P(c1ccccc1)(c1ccccc1)c1ccccc1. The van der Waals surface area contributed by atoms with Gasteiger partial charge in [-0.25, -0.2) is 4.79 Å². The molecule has 1 heterocycles. The molecule has 0 aliphatic rings. The Morgan fingerprint density at radius 3 is 1.68 bits per heavy atom. The van der Waals surface area contributed by atoms with Crippen LogP contribution in [0.25, 0.3) is 0 Å². The first kappa shape index (κ1) is 23.3. The van der Waals surface area contributed by atoms with E-state index in [0.29, 0.717) is 11.1 Å². The highest BCUT2D eigenvalue weighted by atomic mass is 31.2. The molecule has 0 aliphatic heterocycles. The molecule has 0 amide bonds. The molecule has 6 nitrogen and oxygen atoms in total. The average Bonchev–Trinajstić information content (AvgIpc) is 3.42. The first-order valence-electron chi connectivity index (χ1n) is 10.8. The highest BCUT2D eigenvalue weighted by Crippen LogP contribution is 2.49. The van der Waals surface area contributed by atoms with Crippen molar-refractivity contribution in [2.75, 3.05) is 13.7 Å². The summed E-state index contributed by atoms with van der Waals surface area (Å²) >= 11 is 0. The maximum Gasteiger partial charge on any atom is 0.335 e. The molecule has 0 N–H and O–H groups in total. The minimum absolute atomic E-state index is 0.324. The summed E-state index contributed by atoms with van der Waals surface area (Å²) in [6, 6.07) is 32.4. The maximum atomic E-state index is 13.7. The number of ether oxygens (including phenoxy) is 1. The summed E-state index contributed by atoms with van der Waals surface area (Å²) in [5.74, 6) is -1.16. The monoisotopic (exact) mass is 473 g/mol. The second-order valence-corrected chi connectivity index (χ2v) is 11.0. The van der Waals surface area contributed by atoms with Crippen molar-refractivity contribution in [1.82, 2.24) is 0 Å². The van der Waals surface area contributed by atoms with E-state index in [0.717, 1.165) is 15.9 Å². The molecule has 34 heavy (non-hydrogen) atoms. The van der Waals surface area contributed by atoms with Crippen LogP contribution in [0.1, 0.15) is 11.7 Å². The zero-order chi connectivity index (χ0) is 24.0. The van der Waals surface area contributed by atoms with Gasteiger partial charge >= 0.3 is 5.97 Å². The number of hydrogen-bond acceptors (Lipinski definition) is 5. The molecule has 1 atom stereocenters. The molecule has 0 fully saturated rings. The summed E-state index contributed by atoms with van der Waals surface area (Å²) in [4.78, 5) is 25.2. The summed E-state index contributed by atoms with van der Waals surface area (Å²) in [6.07, 6.45) is 1.46. The molecule has 1 aromatic heterocycles. The molecular weight excluding hydrogens is 449 g/mol. The molecule has 0 radical (unpaired) electrons.